The van der Waals surface area contributed by atoms with Crippen molar-refractivity contribution in [2.45, 2.75) is 25.8 Å². The molecular weight excluding hydrogens is 300 g/mol. The van der Waals surface area contributed by atoms with E-state index in [0.29, 0.717) is 12.6 Å². The van der Waals surface area contributed by atoms with E-state index < -0.39 is 0 Å². The second-order valence-electron chi connectivity index (χ2n) is 5.24. The lowest BCUT2D eigenvalue weighted by molar-refractivity contribution is 0.649. The number of halogens is 1. The maximum atomic E-state index is 5.49. The average molecular weight is 321 g/mol. The fourth-order valence-corrected chi connectivity index (χ4v) is 2.91. The molecule has 0 aromatic heterocycles. The number of hydrogen-bond donors (Lipinski definition) is 1. The number of benzene rings is 1. The molecule has 0 saturated heterocycles. The van der Waals surface area contributed by atoms with Gasteiger partial charge in [0.2, 0.25) is 0 Å². The van der Waals surface area contributed by atoms with Gasteiger partial charge in [0.1, 0.15) is 0 Å². The lowest BCUT2D eigenvalue weighted by Gasteiger charge is -2.24. The molecule has 0 heterocycles. The summed E-state index contributed by atoms with van der Waals surface area (Å²) in [4.78, 5) is 2.30. The molecule has 2 nitrogen and oxygen atoms in total. The summed E-state index contributed by atoms with van der Waals surface area (Å²) in [5.74, 6) is 3.60. The molecule has 1 unspecified atom stereocenters. The zero-order valence-corrected chi connectivity index (χ0v) is 13.2. The maximum absolute atomic E-state index is 5.49. The highest BCUT2D eigenvalue weighted by molar-refractivity contribution is 9.10. The minimum atomic E-state index is 0.341. The first-order chi connectivity index (χ1) is 9.15. The highest BCUT2D eigenvalue weighted by Gasteiger charge is 2.24. The first-order valence-electron chi connectivity index (χ1n) is 6.80. The van der Waals surface area contributed by atoms with Crippen LogP contribution in [0.3, 0.4) is 0 Å². The van der Waals surface area contributed by atoms with Gasteiger partial charge in [-0.2, -0.15) is 0 Å². The Hall–Kier alpha value is -0.980. The van der Waals surface area contributed by atoms with Crippen LogP contribution in [0.4, 0.5) is 5.69 Å². The number of rotatable bonds is 6. The largest absolute Gasteiger partial charge is 0.360 e. The monoisotopic (exact) mass is 320 g/mol. The SMILES string of the molecule is C#CCN(CC1CC1)c1ccc(C(C)NC)c(Br)c1. The summed E-state index contributed by atoms with van der Waals surface area (Å²) in [6, 6.07) is 6.88. The molecule has 1 N–H and O–H groups in total. The van der Waals surface area contributed by atoms with Crippen molar-refractivity contribution in [1.29, 1.82) is 0 Å². The minimum Gasteiger partial charge on any atom is -0.360 e. The summed E-state index contributed by atoms with van der Waals surface area (Å²) < 4.78 is 1.14. The second kappa shape index (κ2) is 6.45. The Bertz CT molecular complexity index is 474. The summed E-state index contributed by atoms with van der Waals surface area (Å²) >= 11 is 3.67. The van der Waals surface area contributed by atoms with Crippen molar-refractivity contribution in [1.82, 2.24) is 5.32 Å². The van der Waals surface area contributed by atoms with Crippen LogP contribution in [0.5, 0.6) is 0 Å². The van der Waals surface area contributed by atoms with E-state index in [2.05, 4.69) is 57.2 Å². The van der Waals surface area contributed by atoms with Gasteiger partial charge in [0.25, 0.3) is 0 Å². The Morgan fingerprint density at radius 1 is 1.53 bits per heavy atom. The standard InChI is InChI=1S/C16H21BrN2/c1-4-9-19(11-13-5-6-13)14-7-8-15(12(2)18-3)16(17)10-14/h1,7-8,10,12-13,18H,5-6,9,11H2,2-3H3. The summed E-state index contributed by atoms with van der Waals surface area (Å²) in [6.07, 6.45) is 8.18. The van der Waals surface area contributed by atoms with Crippen molar-refractivity contribution in [3.63, 3.8) is 0 Å². The summed E-state index contributed by atoms with van der Waals surface area (Å²) in [5, 5.41) is 3.26. The molecule has 0 bridgehead atoms. The second-order valence-corrected chi connectivity index (χ2v) is 6.10. The summed E-state index contributed by atoms with van der Waals surface area (Å²) in [7, 11) is 1.97. The van der Waals surface area contributed by atoms with Crippen molar-refractivity contribution in [3.05, 3.63) is 28.2 Å². The third-order valence-corrected chi connectivity index (χ3v) is 4.39. The first-order valence-corrected chi connectivity index (χ1v) is 7.60. The van der Waals surface area contributed by atoms with Gasteiger partial charge in [-0.3, -0.25) is 0 Å². The average Bonchev–Trinajstić information content (AvgIpc) is 3.21. The van der Waals surface area contributed by atoms with E-state index in [1.807, 2.05) is 7.05 Å². The zero-order chi connectivity index (χ0) is 13.8. The Morgan fingerprint density at radius 3 is 2.79 bits per heavy atom. The Balaban J connectivity index is 2.18. The van der Waals surface area contributed by atoms with Crippen molar-refractivity contribution in [2.24, 2.45) is 5.92 Å². The molecule has 0 aliphatic heterocycles. The third kappa shape index (κ3) is 3.75. The van der Waals surface area contributed by atoms with Crippen LogP contribution in [0.25, 0.3) is 0 Å². The summed E-state index contributed by atoms with van der Waals surface area (Å²) in [5.41, 5.74) is 2.49. The molecule has 3 heteroatoms. The van der Waals surface area contributed by atoms with Crippen LogP contribution in [0.2, 0.25) is 0 Å². The molecule has 0 amide bonds. The topological polar surface area (TPSA) is 15.3 Å². The molecule has 1 fully saturated rings. The third-order valence-electron chi connectivity index (χ3n) is 3.71. The molecule has 19 heavy (non-hydrogen) atoms. The van der Waals surface area contributed by atoms with Crippen LogP contribution < -0.4 is 10.2 Å². The molecule has 102 valence electrons. The summed E-state index contributed by atoms with van der Waals surface area (Å²) in [6.45, 7) is 3.92. The highest BCUT2D eigenvalue weighted by atomic mass is 79.9. The molecule has 1 aromatic carbocycles. The van der Waals surface area contributed by atoms with Crippen LogP contribution in [0.15, 0.2) is 22.7 Å². The number of hydrogen-bond acceptors (Lipinski definition) is 2. The van der Waals surface area contributed by atoms with Gasteiger partial charge in [-0.15, -0.1) is 6.42 Å². The van der Waals surface area contributed by atoms with E-state index in [-0.39, 0.29) is 0 Å². The van der Waals surface area contributed by atoms with Gasteiger partial charge in [-0.05, 0) is 50.4 Å². The van der Waals surface area contributed by atoms with Gasteiger partial charge in [0, 0.05) is 22.7 Å². The quantitative estimate of drug-likeness (QED) is 0.806. The predicted molar refractivity (Wildman–Crippen MR) is 85.4 cm³/mol. The van der Waals surface area contributed by atoms with Crippen molar-refractivity contribution < 1.29 is 0 Å². The van der Waals surface area contributed by atoms with Gasteiger partial charge in [0.15, 0.2) is 0 Å². The highest BCUT2D eigenvalue weighted by Crippen LogP contribution is 2.33. The van der Waals surface area contributed by atoms with Crippen LogP contribution in [-0.2, 0) is 0 Å². The number of terminal acetylenes is 1. The van der Waals surface area contributed by atoms with Gasteiger partial charge < -0.3 is 10.2 Å². The van der Waals surface area contributed by atoms with Crippen molar-refractivity contribution in [2.75, 3.05) is 25.0 Å². The van der Waals surface area contributed by atoms with E-state index >= 15 is 0 Å². The number of nitrogens with one attached hydrogen (secondary N) is 1. The smallest absolute Gasteiger partial charge is 0.0791 e. The molecule has 0 radical (unpaired) electrons. The van der Waals surface area contributed by atoms with Gasteiger partial charge in [-0.1, -0.05) is 27.9 Å². The van der Waals surface area contributed by atoms with E-state index in [0.717, 1.165) is 16.9 Å². The van der Waals surface area contributed by atoms with Crippen molar-refractivity contribution >= 4 is 21.6 Å². The van der Waals surface area contributed by atoms with Gasteiger partial charge in [-0.25, -0.2) is 0 Å². The van der Waals surface area contributed by atoms with Crippen LogP contribution >= 0.6 is 15.9 Å². The molecule has 1 aliphatic rings. The van der Waals surface area contributed by atoms with Crippen LogP contribution in [0.1, 0.15) is 31.4 Å². The lowest BCUT2D eigenvalue weighted by Crippen LogP contribution is -2.26. The predicted octanol–water partition coefficient (Wildman–Crippen LogP) is 3.58. The lowest BCUT2D eigenvalue weighted by atomic mass is 10.1. The molecule has 1 aromatic rings. The van der Waals surface area contributed by atoms with Gasteiger partial charge >= 0.3 is 0 Å². The number of anilines is 1. The normalized spacial score (nSPS) is 15.9. The van der Waals surface area contributed by atoms with E-state index in [1.165, 1.54) is 24.1 Å². The van der Waals surface area contributed by atoms with Crippen molar-refractivity contribution in [3.8, 4) is 12.3 Å². The Morgan fingerprint density at radius 2 is 2.26 bits per heavy atom. The first kappa shape index (κ1) is 14.4. The molecule has 1 saturated carbocycles. The molecule has 0 spiro atoms. The van der Waals surface area contributed by atoms with Crippen LogP contribution in [0, 0.1) is 18.3 Å². The van der Waals surface area contributed by atoms with Gasteiger partial charge in [0.05, 0.1) is 6.54 Å². The minimum absolute atomic E-state index is 0.341. The van der Waals surface area contributed by atoms with Crippen LogP contribution in [-0.4, -0.2) is 20.1 Å². The van der Waals surface area contributed by atoms with E-state index in [1.54, 1.807) is 0 Å². The maximum Gasteiger partial charge on any atom is 0.0791 e. The molecule has 2 rings (SSSR count). The fourth-order valence-electron chi connectivity index (χ4n) is 2.20. The number of nitrogens with zero attached hydrogens (tertiary/aromatic N) is 1. The fraction of sp³-hybridized carbons (Fsp3) is 0.500. The zero-order valence-electron chi connectivity index (χ0n) is 11.6. The Labute approximate surface area is 124 Å². The molecule has 1 aliphatic carbocycles. The molecule has 1 atom stereocenters. The Kier molecular flexibility index (Phi) is 4.90. The van der Waals surface area contributed by atoms with E-state index in [4.69, 9.17) is 6.42 Å². The molecular formula is C16H21BrN2. The van der Waals surface area contributed by atoms with E-state index in [9.17, 15) is 0 Å².